The third-order valence-corrected chi connectivity index (χ3v) is 5.82. The van der Waals surface area contributed by atoms with Crippen LogP contribution in [0.5, 0.6) is 17.2 Å². The van der Waals surface area contributed by atoms with Crippen molar-refractivity contribution in [2.75, 3.05) is 39.6 Å². The molecular formula is C27H32ClN5O4. The van der Waals surface area contributed by atoms with Gasteiger partial charge in [0.2, 0.25) is 0 Å². The van der Waals surface area contributed by atoms with Crippen molar-refractivity contribution < 1.29 is 19.1 Å². The molecule has 0 aliphatic heterocycles. The molecule has 0 unspecified atom stereocenters. The number of likely N-dealkylation sites (N-methyl/N-ethyl adjacent to an activating group) is 1. The van der Waals surface area contributed by atoms with Crippen LogP contribution in [0.25, 0.3) is 0 Å². The fourth-order valence-electron chi connectivity index (χ4n) is 3.36. The predicted octanol–water partition coefficient (Wildman–Crippen LogP) is 4.77. The van der Waals surface area contributed by atoms with Gasteiger partial charge in [-0.2, -0.15) is 0 Å². The van der Waals surface area contributed by atoms with E-state index < -0.39 is 0 Å². The van der Waals surface area contributed by atoms with Gasteiger partial charge in [0.05, 0.1) is 5.69 Å². The van der Waals surface area contributed by atoms with Crippen molar-refractivity contribution in [1.82, 2.24) is 20.5 Å². The molecule has 37 heavy (non-hydrogen) atoms. The Morgan fingerprint density at radius 1 is 1.03 bits per heavy atom. The van der Waals surface area contributed by atoms with Gasteiger partial charge < -0.3 is 30.3 Å². The SMILES string of the molecule is CNC(=O)c1cc(Oc2ccc(CNC(=O)Nc3cc(C)c(Cl)cc3OCCN(C)C)cc2C)ccn1. The molecular weight excluding hydrogens is 494 g/mol. The average Bonchev–Trinajstić information content (AvgIpc) is 2.86. The molecule has 0 bridgehead atoms. The van der Waals surface area contributed by atoms with Crippen LogP contribution in [-0.4, -0.2) is 56.1 Å². The molecule has 1 aromatic heterocycles. The number of benzene rings is 2. The van der Waals surface area contributed by atoms with E-state index in [1.54, 1.807) is 31.3 Å². The van der Waals surface area contributed by atoms with Gasteiger partial charge in [-0.25, -0.2) is 4.79 Å². The maximum absolute atomic E-state index is 12.6. The Kier molecular flexibility index (Phi) is 9.71. The van der Waals surface area contributed by atoms with Crippen molar-refractivity contribution in [2.45, 2.75) is 20.4 Å². The number of aromatic nitrogens is 1. The second-order valence-electron chi connectivity index (χ2n) is 8.71. The molecule has 0 saturated heterocycles. The van der Waals surface area contributed by atoms with E-state index in [1.807, 2.05) is 51.0 Å². The molecule has 9 nitrogen and oxygen atoms in total. The molecule has 3 aromatic rings. The number of carbonyl (C=O) groups is 2. The number of rotatable bonds is 10. The summed E-state index contributed by atoms with van der Waals surface area (Å²) in [5, 5.41) is 8.83. The Labute approximate surface area is 222 Å². The zero-order valence-corrected chi connectivity index (χ0v) is 22.4. The second kappa shape index (κ2) is 12.9. The van der Waals surface area contributed by atoms with Crippen molar-refractivity contribution in [3.8, 4) is 17.2 Å². The number of carbonyl (C=O) groups excluding carboxylic acids is 2. The van der Waals surface area contributed by atoms with Gasteiger partial charge in [0.15, 0.2) is 0 Å². The lowest BCUT2D eigenvalue weighted by molar-refractivity contribution is 0.0957. The highest BCUT2D eigenvalue weighted by Gasteiger charge is 2.12. The van der Waals surface area contributed by atoms with Gasteiger partial charge in [0.1, 0.15) is 29.5 Å². The molecule has 0 spiro atoms. The molecule has 0 radical (unpaired) electrons. The first kappa shape index (κ1) is 27.8. The number of ether oxygens (including phenoxy) is 2. The third-order valence-electron chi connectivity index (χ3n) is 5.42. The van der Waals surface area contributed by atoms with E-state index in [1.165, 1.54) is 6.20 Å². The lowest BCUT2D eigenvalue weighted by Crippen LogP contribution is -2.28. The summed E-state index contributed by atoms with van der Waals surface area (Å²) in [5.41, 5.74) is 3.43. The van der Waals surface area contributed by atoms with Gasteiger partial charge in [-0.15, -0.1) is 0 Å². The number of amides is 3. The molecule has 0 aliphatic rings. The van der Waals surface area contributed by atoms with E-state index in [9.17, 15) is 9.59 Å². The lowest BCUT2D eigenvalue weighted by atomic mass is 10.1. The molecule has 1 heterocycles. The fourth-order valence-corrected chi connectivity index (χ4v) is 3.51. The third kappa shape index (κ3) is 8.09. The summed E-state index contributed by atoms with van der Waals surface area (Å²) < 4.78 is 11.8. The minimum Gasteiger partial charge on any atom is -0.490 e. The average molecular weight is 526 g/mol. The fraction of sp³-hybridized carbons (Fsp3) is 0.296. The number of nitrogens with one attached hydrogen (secondary N) is 3. The molecule has 0 saturated carbocycles. The molecule has 3 N–H and O–H groups in total. The molecule has 196 valence electrons. The Hall–Kier alpha value is -3.82. The summed E-state index contributed by atoms with van der Waals surface area (Å²) in [6.07, 6.45) is 1.52. The minimum atomic E-state index is -0.365. The molecule has 0 atom stereocenters. The number of nitrogens with zero attached hydrogens (tertiary/aromatic N) is 2. The molecule has 3 amide bonds. The van der Waals surface area contributed by atoms with Gasteiger partial charge in [-0.05, 0) is 62.8 Å². The highest BCUT2D eigenvalue weighted by atomic mass is 35.5. The first-order valence-corrected chi connectivity index (χ1v) is 12.1. The number of anilines is 1. The minimum absolute atomic E-state index is 0.270. The van der Waals surface area contributed by atoms with E-state index in [2.05, 4.69) is 20.9 Å². The van der Waals surface area contributed by atoms with Crippen molar-refractivity contribution in [3.63, 3.8) is 0 Å². The Balaban J connectivity index is 1.61. The number of hydrogen-bond acceptors (Lipinski definition) is 6. The van der Waals surface area contributed by atoms with Crippen LogP contribution in [0.2, 0.25) is 5.02 Å². The Morgan fingerprint density at radius 3 is 2.51 bits per heavy atom. The maximum Gasteiger partial charge on any atom is 0.319 e. The van der Waals surface area contributed by atoms with Crippen molar-refractivity contribution in [2.24, 2.45) is 0 Å². The van der Waals surface area contributed by atoms with Crippen molar-refractivity contribution >= 4 is 29.2 Å². The summed E-state index contributed by atoms with van der Waals surface area (Å²) >= 11 is 6.26. The van der Waals surface area contributed by atoms with Crippen LogP contribution >= 0.6 is 11.6 Å². The van der Waals surface area contributed by atoms with E-state index in [0.29, 0.717) is 41.1 Å². The van der Waals surface area contributed by atoms with E-state index in [4.69, 9.17) is 21.1 Å². The maximum atomic E-state index is 12.6. The molecule has 2 aromatic carbocycles. The van der Waals surface area contributed by atoms with Gasteiger partial charge in [-0.3, -0.25) is 9.78 Å². The van der Waals surface area contributed by atoms with Crippen LogP contribution in [0.1, 0.15) is 27.2 Å². The number of aryl methyl sites for hydroxylation is 2. The topological polar surface area (TPSA) is 105 Å². The number of urea groups is 1. The number of hydrogen-bond donors (Lipinski definition) is 3. The molecule has 0 fully saturated rings. The van der Waals surface area contributed by atoms with Crippen molar-refractivity contribution in [1.29, 1.82) is 0 Å². The highest BCUT2D eigenvalue weighted by molar-refractivity contribution is 6.31. The summed E-state index contributed by atoms with van der Waals surface area (Å²) in [4.78, 5) is 30.5. The normalized spacial score (nSPS) is 10.7. The zero-order valence-electron chi connectivity index (χ0n) is 21.6. The molecule has 10 heteroatoms. The molecule has 0 aliphatic carbocycles. The second-order valence-corrected chi connectivity index (χ2v) is 9.12. The van der Waals surface area contributed by atoms with Crippen LogP contribution < -0.4 is 25.4 Å². The quantitative estimate of drug-likeness (QED) is 0.352. The van der Waals surface area contributed by atoms with E-state index in [0.717, 1.165) is 23.2 Å². The predicted molar refractivity (Wildman–Crippen MR) is 145 cm³/mol. The first-order chi connectivity index (χ1) is 17.7. The van der Waals surface area contributed by atoms with Gasteiger partial charge in [-0.1, -0.05) is 23.7 Å². The monoisotopic (exact) mass is 525 g/mol. The van der Waals surface area contributed by atoms with Crippen LogP contribution in [0.15, 0.2) is 48.7 Å². The van der Waals surface area contributed by atoms with E-state index in [-0.39, 0.29) is 17.6 Å². The summed E-state index contributed by atoms with van der Waals surface area (Å²) in [6, 6.07) is 12.0. The smallest absolute Gasteiger partial charge is 0.319 e. The highest BCUT2D eigenvalue weighted by Crippen LogP contribution is 2.31. The van der Waals surface area contributed by atoms with Crippen LogP contribution in [0.3, 0.4) is 0 Å². The van der Waals surface area contributed by atoms with Crippen LogP contribution in [-0.2, 0) is 6.54 Å². The lowest BCUT2D eigenvalue weighted by Gasteiger charge is -2.16. The number of pyridine rings is 1. The largest absolute Gasteiger partial charge is 0.490 e. The van der Waals surface area contributed by atoms with Gasteiger partial charge >= 0.3 is 6.03 Å². The van der Waals surface area contributed by atoms with Crippen LogP contribution in [0.4, 0.5) is 10.5 Å². The summed E-state index contributed by atoms with van der Waals surface area (Å²) in [7, 11) is 5.46. The standard InChI is InChI=1S/C27H32ClN5O4/c1-17-13-22(25(15-21(17)28)36-11-10-33(4)5)32-27(35)31-16-19-6-7-24(18(2)12-19)37-20-8-9-30-23(14-20)26(34)29-3/h6-9,12-15H,10-11,16H2,1-5H3,(H,29,34)(H2,31,32,35). The van der Waals surface area contributed by atoms with Gasteiger partial charge in [0, 0.05) is 43.5 Å². The summed E-state index contributed by atoms with van der Waals surface area (Å²) in [6.45, 7) is 5.28. The Bertz CT molecular complexity index is 1270. The van der Waals surface area contributed by atoms with Crippen molar-refractivity contribution in [3.05, 3.63) is 76.1 Å². The Morgan fingerprint density at radius 2 is 1.81 bits per heavy atom. The number of halogens is 1. The first-order valence-electron chi connectivity index (χ1n) is 11.7. The van der Waals surface area contributed by atoms with E-state index >= 15 is 0 Å². The van der Waals surface area contributed by atoms with Gasteiger partial charge in [0.25, 0.3) is 5.91 Å². The molecule has 3 rings (SSSR count). The van der Waals surface area contributed by atoms with Crippen LogP contribution in [0, 0.1) is 13.8 Å². The zero-order chi connectivity index (χ0) is 26.9. The summed E-state index contributed by atoms with van der Waals surface area (Å²) in [5.74, 6) is 1.37.